The Morgan fingerprint density at radius 1 is 1.42 bits per heavy atom. The van der Waals surface area contributed by atoms with Crippen molar-refractivity contribution in [3.05, 3.63) is 35.5 Å². The number of hydrogen-bond donors (Lipinski definition) is 1. The minimum absolute atomic E-state index is 0.494. The number of rotatable bonds is 1. The maximum atomic E-state index is 3.97. The highest BCUT2D eigenvalue weighted by molar-refractivity contribution is 8.03. The van der Waals surface area contributed by atoms with Crippen molar-refractivity contribution in [2.45, 2.75) is 12.3 Å². The first-order valence-corrected chi connectivity index (χ1v) is 4.83. The van der Waals surface area contributed by atoms with E-state index in [1.54, 1.807) is 11.8 Å². The summed E-state index contributed by atoms with van der Waals surface area (Å²) in [6.07, 6.45) is 3.62. The van der Waals surface area contributed by atoms with Gasteiger partial charge in [0.05, 0.1) is 5.37 Å². The summed E-state index contributed by atoms with van der Waals surface area (Å²) < 4.78 is 0. The molecule has 1 aliphatic rings. The SMILES string of the molecule is CC1NC(c2ccncc2)=CS1. The molecule has 1 unspecified atom stereocenters. The molecule has 0 amide bonds. The van der Waals surface area contributed by atoms with Gasteiger partial charge in [0.1, 0.15) is 0 Å². The van der Waals surface area contributed by atoms with Crippen molar-refractivity contribution in [1.82, 2.24) is 10.3 Å². The zero-order valence-electron chi connectivity index (χ0n) is 6.82. The molecule has 62 valence electrons. The van der Waals surface area contributed by atoms with E-state index in [4.69, 9.17) is 0 Å². The molecule has 1 N–H and O–H groups in total. The van der Waals surface area contributed by atoms with Crippen LogP contribution in [-0.2, 0) is 0 Å². The van der Waals surface area contributed by atoms with E-state index < -0.39 is 0 Å². The van der Waals surface area contributed by atoms with Crippen LogP contribution in [0.15, 0.2) is 29.9 Å². The van der Waals surface area contributed by atoms with E-state index in [1.165, 1.54) is 11.3 Å². The van der Waals surface area contributed by atoms with E-state index in [0.717, 1.165) is 0 Å². The predicted octanol–water partition coefficient (Wildman–Crippen LogP) is 2.06. The van der Waals surface area contributed by atoms with Crippen LogP contribution in [0, 0.1) is 0 Å². The van der Waals surface area contributed by atoms with Gasteiger partial charge in [-0.1, -0.05) is 0 Å². The number of nitrogens with one attached hydrogen (secondary N) is 1. The average Bonchev–Trinajstić information content (AvgIpc) is 2.54. The van der Waals surface area contributed by atoms with Gasteiger partial charge in [-0.25, -0.2) is 0 Å². The highest BCUT2D eigenvalue weighted by atomic mass is 32.2. The molecule has 0 spiro atoms. The van der Waals surface area contributed by atoms with E-state index in [0.29, 0.717) is 5.37 Å². The van der Waals surface area contributed by atoms with Crippen LogP contribution in [0.2, 0.25) is 0 Å². The molecule has 0 saturated carbocycles. The van der Waals surface area contributed by atoms with Crippen molar-refractivity contribution in [2.75, 3.05) is 0 Å². The second kappa shape index (κ2) is 3.19. The van der Waals surface area contributed by atoms with Crippen molar-refractivity contribution in [1.29, 1.82) is 0 Å². The van der Waals surface area contributed by atoms with Gasteiger partial charge >= 0.3 is 0 Å². The minimum atomic E-state index is 0.494. The van der Waals surface area contributed by atoms with Crippen LogP contribution < -0.4 is 5.32 Å². The molecule has 1 aliphatic heterocycles. The standard InChI is InChI=1S/C9H10N2S/c1-7-11-9(6-12-7)8-2-4-10-5-3-8/h2-7,11H,1H3. The first-order valence-electron chi connectivity index (χ1n) is 3.89. The molecule has 0 saturated heterocycles. The summed E-state index contributed by atoms with van der Waals surface area (Å²) in [6, 6.07) is 4.02. The zero-order chi connectivity index (χ0) is 8.39. The van der Waals surface area contributed by atoms with Crippen LogP contribution in [-0.4, -0.2) is 10.4 Å². The van der Waals surface area contributed by atoms with Gasteiger partial charge in [0, 0.05) is 23.7 Å². The number of aromatic nitrogens is 1. The van der Waals surface area contributed by atoms with Crippen molar-refractivity contribution < 1.29 is 0 Å². The summed E-state index contributed by atoms with van der Waals surface area (Å²) >= 11 is 1.81. The molecule has 0 radical (unpaired) electrons. The monoisotopic (exact) mass is 178 g/mol. The molecule has 0 aromatic carbocycles. The van der Waals surface area contributed by atoms with E-state index in [-0.39, 0.29) is 0 Å². The second-order valence-corrected chi connectivity index (χ2v) is 3.91. The number of thioether (sulfide) groups is 1. The lowest BCUT2D eigenvalue weighted by molar-refractivity contribution is 0.891. The molecule has 12 heavy (non-hydrogen) atoms. The molecule has 0 fully saturated rings. The fourth-order valence-corrected chi connectivity index (χ4v) is 1.88. The topological polar surface area (TPSA) is 24.9 Å². The van der Waals surface area contributed by atoms with Gasteiger partial charge in [-0.05, 0) is 24.5 Å². The number of pyridine rings is 1. The number of nitrogens with zero attached hydrogens (tertiary/aromatic N) is 1. The molecule has 1 aromatic rings. The van der Waals surface area contributed by atoms with Gasteiger partial charge in [-0.2, -0.15) is 0 Å². The zero-order valence-corrected chi connectivity index (χ0v) is 7.64. The van der Waals surface area contributed by atoms with Gasteiger partial charge in [0.25, 0.3) is 0 Å². The normalized spacial score (nSPS) is 21.8. The van der Waals surface area contributed by atoms with Crippen LogP contribution in [0.3, 0.4) is 0 Å². The van der Waals surface area contributed by atoms with E-state index in [9.17, 15) is 0 Å². The van der Waals surface area contributed by atoms with Crippen LogP contribution in [0.25, 0.3) is 5.70 Å². The minimum Gasteiger partial charge on any atom is -0.372 e. The van der Waals surface area contributed by atoms with Crippen molar-refractivity contribution in [3.8, 4) is 0 Å². The molecule has 0 aliphatic carbocycles. The lowest BCUT2D eigenvalue weighted by Gasteiger charge is -2.06. The molecule has 2 rings (SSSR count). The Bertz CT molecular complexity index is 295. The van der Waals surface area contributed by atoms with Gasteiger partial charge in [-0.3, -0.25) is 4.98 Å². The van der Waals surface area contributed by atoms with Gasteiger partial charge < -0.3 is 5.32 Å². The Morgan fingerprint density at radius 3 is 2.75 bits per heavy atom. The summed E-state index contributed by atoms with van der Waals surface area (Å²) in [7, 11) is 0. The van der Waals surface area contributed by atoms with Crippen LogP contribution >= 0.6 is 11.8 Å². The quantitative estimate of drug-likeness (QED) is 0.712. The Kier molecular flexibility index (Phi) is 2.04. The molecule has 1 atom stereocenters. The van der Waals surface area contributed by atoms with Crippen molar-refractivity contribution >= 4 is 17.5 Å². The smallest absolute Gasteiger partial charge is 0.0735 e. The second-order valence-electron chi connectivity index (χ2n) is 2.69. The highest BCUT2D eigenvalue weighted by Crippen LogP contribution is 2.25. The Hall–Kier alpha value is -0.960. The Morgan fingerprint density at radius 2 is 2.17 bits per heavy atom. The summed E-state index contributed by atoms with van der Waals surface area (Å²) in [5, 5.41) is 6.01. The fourth-order valence-electron chi connectivity index (χ4n) is 1.14. The molecular formula is C9H10N2S. The van der Waals surface area contributed by atoms with Crippen LogP contribution in [0.1, 0.15) is 12.5 Å². The molecule has 2 heterocycles. The largest absolute Gasteiger partial charge is 0.372 e. The Balaban J connectivity index is 2.22. The summed E-state index contributed by atoms with van der Waals surface area (Å²) in [5.41, 5.74) is 2.41. The van der Waals surface area contributed by atoms with Gasteiger partial charge in [0.2, 0.25) is 0 Å². The van der Waals surface area contributed by atoms with E-state index >= 15 is 0 Å². The molecule has 1 aromatic heterocycles. The van der Waals surface area contributed by atoms with Gasteiger partial charge in [-0.15, -0.1) is 11.8 Å². The first kappa shape index (κ1) is 7.68. The fraction of sp³-hybridized carbons (Fsp3) is 0.222. The lowest BCUT2D eigenvalue weighted by Crippen LogP contribution is -2.15. The first-order chi connectivity index (χ1) is 5.86. The highest BCUT2D eigenvalue weighted by Gasteiger charge is 2.11. The van der Waals surface area contributed by atoms with Crippen LogP contribution in [0.5, 0.6) is 0 Å². The summed E-state index contributed by atoms with van der Waals surface area (Å²) in [5.74, 6) is 0. The maximum Gasteiger partial charge on any atom is 0.0735 e. The van der Waals surface area contributed by atoms with E-state index in [1.807, 2.05) is 24.5 Å². The number of hydrogen-bond acceptors (Lipinski definition) is 3. The lowest BCUT2D eigenvalue weighted by atomic mass is 10.2. The van der Waals surface area contributed by atoms with Crippen molar-refractivity contribution in [2.24, 2.45) is 0 Å². The molecule has 0 bridgehead atoms. The molecular weight excluding hydrogens is 168 g/mol. The average molecular weight is 178 g/mol. The maximum absolute atomic E-state index is 3.97. The summed E-state index contributed by atoms with van der Waals surface area (Å²) in [4.78, 5) is 3.97. The summed E-state index contributed by atoms with van der Waals surface area (Å²) in [6.45, 7) is 2.15. The third kappa shape index (κ3) is 1.46. The third-order valence-corrected chi connectivity index (χ3v) is 2.64. The van der Waals surface area contributed by atoms with E-state index in [2.05, 4.69) is 22.6 Å². The predicted molar refractivity (Wildman–Crippen MR) is 52.4 cm³/mol. The third-order valence-electron chi connectivity index (χ3n) is 1.74. The Labute approximate surface area is 76.1 Å². The van der Waals surface area contributed by atoms with Crippen molar-refractivity contribution in [3.63, 3.8) is 0 Å². The molecule has 3 heteroatoms. The van der Waals surface area contributed by atoms with Crippen LogP contribution in [0.4, 0.5) is 0 Å². The molecule has 2 nitrogen and oxygen atoms in total. The van der Waals surface area contributed by atoms with Gasteiger partial charge in [0.15, 0.2) is 0 Å².